The van der Waals surface area contributed by atoms with E-state index in [4.69, 9.17) is 4.55 Å². The molecule has 1 aromatic rings. The summed E-state index contributed by atoms with van der Waals surface area (Å²) in [6, 6.07) is 2.13. The summed E-state index contributed by atoms with van der Waals surface area (Å²) in [6.45, 7) is 1.29. The van der Waals surface area contributed by atoms with E-state index in [1.807, 2.05) is 0 Å². The normalized spacial score (nSPS) is 17.3. The Labute approximate surface area is 109 Å². The van der Waals surface area contributed by atoms with Crippen molar-refractivity contribution in [3.8, 4) is 0 Å². The standard InChI is InChI=1S/C12H13F3O3S/c1-7-5-6-9(19(16,17)18)10(8-3-2-4-8)11(7)12(13,14)15/h5-6,8H,2-4H2,1H3,(H,16,17,18). The lowest BCUT2D eigenvalue weighted by atomic mass is 9.77. The van der Waals surface area contributed by atoms with Crippen molar-refractivity contribution in [2.75, 3.05) is 0 Å². The highest BCUT2D eigenvalue weighted by atomic mass is 32.2. The molecule has 0 bridgehead atoms. The number of hydrogen-bond acceptors (Lipinski definition) is 2. The van der Waals surface area contributed by atoms with Gasteiger partial charge in [-0.3, -0.25) is 4.55 Å². The molecule has 0 atom stereocenters. The minimum atomic E-state index is -4.65. The molecular weight excluding hydrogens is 281 g/mol. The number of halogens is 3. The molecule has 0 aromatic heterocycles. The van der Waals surface area contributed by atoms with Crippen LogP contribution in [0.1, 0.15) is 41.9 Å². The number of rotatable bonds is 2. The molecule has 7 heteroatoms. The summed E-state index contributed by atoms with van der Waals surface area (Å²) in [7, 11) is -4.65. The van der Waals surface area contributed by atoms with Gasteiger partial charge in [-0.15, -0.1) is 0 Å². The van der Waals surface area contributed by atoms with E-state index >= 15 is 0 Å². The Morgan fingerprint density at radius 2 is 1.84 bits per heavy atom. The van der Waals surface area contributed by atoms with Crippen molar-refractivity contribution in [2.45, 2.75) is 43.2 Å². The molecule has 1 aromatic carbocycles. The molecule has 0 unspecified atom stereocenters. The molecule has 1 saturated carbocycles. The summed E-state index contributed by atoms with van der Waals surface area (Å²) in [5.41, 5.74) is -1.23. The molecule has 2 rings (SSSR count). The van der Waals surface area contributed by atoms with Crippen LogP contribution in [-0.4, -0.2) is 13.0 Å². The Balaban J connectivity index is 2.78. The van der Waals surface area contributed by atoms with Crippen LogP contribution in [0.25, 0.3) is 0 Å². The maximum Gasteiger partial charge on any atom is 0.416 e. The van der Waals surface area contributed by atoms with Gasteiger partial charge in [-0.2, -0.15) is 21.6 Å². The molecule has 1 aliphatic rings. The molecule has 0 heterocycles. The Morgan fingerprint density at radius 3 is 2.21 bits per heavy atom. The maximum absolute atomic E-state index is 13.1. The molecule has 0 amide bonds. The fourth-order valence-electron chi connectivity index (χ4n) is 2.41. The van der Waals surface area contributed by atoms with Crippen molar-refractivity contribution in [2.24, 2.45) is 0 Å². The zero-order chi connectivity index (χ0) is 14.4. The third kappa shape index (κ3) is 2.62. The van der Waals surface area contributed by atoms with Gasteiger partial charge in [0.05, 0.1) is 10.5 Å². The summed E-state index contributed by atoms with van der Waals surface area (Å²) in [5.74, 6) is -0.451. The first-order valence-electron chi connectivity index (χ1n) is 5.80. The van der Waals surface area contributed by atoms with Crippen molar-refractivity contribution in [1.82, 2.24) is 0 Å². The lowest BCUT2D eigenvalue weighted by molar-refractivity contribution is -0.139. The van der Waals surface area contributed by atoms with E-state index in [0.29, 0.717) is 12.8 Å². The average molecular weight is 294 g/mol. The topological polar surface area (TPSA) is 54.4 Å². The summed E-state index contributed by atoms with van der Waals surface area (Å²) in [5, 5.41) is 0. The molecule has 1 aliphatic carbocycles. The van der Waals surface area contributed by atoms with E-state index in [2.05, 4.69) is 0 Å². The maximum atomic E-state index is 13.1. The molecular formula is C12H13F3O3S. The first-order chi connectivity index (χ1) is 8.62. The van der Waals surface area contributed by atoms with Crippen LogP contribution in [0, 0.1) is 6.92 Å². The minimum absolute atomic E-state index is 0.0261. The van der Waals surface area contributed by atoms with Gasteiger partial charge >= 0.3 is 6.18 Å². The SMILES string of the molecule is Cc1ccc(S(=O)(=O)O)c(C2CCC2)c1C(F)(F)F. The van der Waals surface area contributed by atoms with Gasteiger partial charge < -0.3 is 0 Å². The summed E-state index contributed by atoms with van der Waals surface area (Å²) in [4.78, 5) is -0.616. The largest absolute Gasteiger partial charge is 0.416 e. The number of hydrogen-bond donors (Lipinski definition) is 1. The zero-order valence-corrected chi connectivity index (χ0v) is 11.0. The highest BCUT2D eigenvalue weighted by molar-refractivity contribution is 7.85. The third-order valence-corrected chi connectivity index (χ3v) is 4.40. The third-order valence-electron chi connectivity index (χ3n) is 3.49. The fourth-order valence-corrected chi connectivity index (χ4v) is 3.20. The Hall–Kier alpha value is -1.08. The molecule has 3 nitrogen and oxygen atoms in total. The van der Waals surface area contributed by atoms with E-state index in [1.54, 1.807) is 0 Å². The predicted molar refractivity (Wildman–Crippen MR) is 62.6 cm³/mol. The Morgan fingerprint density at radius 1 is 1.26 bits per heavy atom. The summed E-state index contributed by atoms with van der Waals surface area (Å²) >= 11 is 0. The lowest BCUT2D eigenvalue weighted by Gasteiger charge is -2.30. The van der Waals surface area contributed by atoms with Gasteiger partial charge in [-0.25, -0.2) is 0 Å². The van der Waals surface area contributed by atoms with E-state index in [1.165, 1.54) is 6.92 Å². The second-order valence-corrected chi connectivity index (χ2v) is 6.16. The van der Waals surface area contributed by atoms with Crippen molar-refractivity contribution in [3.05, 3.63) is 28.8 Å². The smallest absolute Gasteiger partial charge is 0.282 e. The van der Waals surface area contributed by atoms with Crippen molar-refractivity contribution >= 4 is 10.1 Å². The van der Waals surface area contributed by atoms with E-state index in [9.17, 15) is 21.6 Å². The summed E-state index contributed by atoms with van der Waals surface area (Å²) < 4.78 is 71.0. The van der Waals surface area contributed by atoms with Crippen LogP contribution >= 0.6 is 0 Å². The van der Waals surface area contributed by atoms with Crippen LogP contribution in [-0.2, 0) is 16.3 Å². The number of aryl methyl sites for hydroxylation is 1. The monoisotopic (exact) mass is 294 g/mol. The van der Waals surface area contributed by atoms with Crippen molar-refractivity contribution < 1.29 is 26.1 Å². The highest BCUT2D eigenvalue weighted by Crippen LogP contribution is 2.46. The van der Waals surface area contributed by atoms with Crippen LogP contribution in [0.3, 0.4) is 0 Å². The lowest BCUT2D eigenvalue weighted by Crippen LogP contribution is -2.21. The highest BCUT2D eigenvalue weighted by Gasteiger charge is 2.41. The second-order valence-electron chi connectivity index (χ2n) is 4.77. The fraction of sp³-hybridized carbons (Fsp3) is 0.500. The Bertz CT molecular complexity index is 601. The van der Waals surface area contributed by atoms with Crippen LogP contribution in [0.2, 0.25) is 0 Å². The van der Waals surface area contributed by atoms with Gasteiger partial charge in [0.15, 0.2) is 0 Å². The van der Waals surface area contributed by atoms with Crippen molar-refractivity contribution in [1.29, 1.82) is 0 Å². The molecule has 0 aliphatic heterocycles. The van der Waals surface area contributed by atoms with Gasteiger partial charge in [-0.05, 0) is 42.9 Å². The van der Waals surface area contributed by atoms with Crippen molar-refractivity contribution in [3.63, 3.8) is 0 Å². The van der Waals surface area contributed by atoms with E-state index < -0.39 is 32.7 Å². The van der Waals surface area contributed by atoms with Crippen LogP contribution < -0.4 is 0 Å². The average Bonchev–Trinajstić information content (AvgIpc) is 2.10. The molecule has 106 valence electrons. The van der Waals surface area contributed by atoms with Gasteiger partial charge in [0.2, 0.25) is 0 Å². The Kier molecular flexibility index (Phi) is 3.38. The van der Waals surface area contributed by atoms with Gasteiger partial charge in [0, 0.05) is 0 Å². The van der Waals surface area contributed by atoms with Gasteiger partial charge in [-0.1, -0.05) is 12.5 Å². The number of alkyl halides is 3. The zero-order valence-electron chi connectivity index (χ0n) is 10.2. The summed E-state index contributed by atoms with van der Waals surface area (Å²) in [6.07, 6.45) is -2.85. The predicted octanol–water partition coefficient (Wildman–Crippen LogP) is 3.53. The van der Waals surface area contributed by atoms with Gasteiger partial charge in [0.1, 0.15) is 0 Å². The molecule has 0 saturated heterocycles. The van der Waals surface area contributed by atoms with Crippen LogP contribution in [0.4, 0.5) is 13.2 Å². The molecule has 1 fully saturated rings. The van der Waals surface area contributed by atoms with Crippen LogP contribution in [0.5, 0.6) is 0 Å². The quantitative estimate of drug-likeness (QED) is 0.849. The number of benzene rings is 1. The molecule has 1 N–H and O–H groups in total. The minimum Gasteiger partial charge on any atom is -0.282 e. The molecule has 0 spiro atoms. The first kappa shape index (κ1) is 14.3. The van der Waals surface area contributed by atoms with Gasteiger partial charge in [0.25, 0.3) is 10.1 Å². The van der Waals surface area contributed by atoms with Crippen LogP contribution in [0.15, 0.2) is 17.0 Å². The first-order valence-corrected chi connectivity index (χ1v) is 7.24. The van der Waals surface area contributed by atoms with E-state index in [-0.39, 0.29) is 11.1 Å². The molecule has 19 heavy (non-hydrogen) atoms. The molecule has 0 radical (unpaired) electrons. The second kappa shape index (κ2) is 4.49. The van der Waals surface area contributed by atoms with E-state index in [0.717, 1.165) is 18.6 Å².